The predicted octanol–water partition coefficient (Wildman–Crippen LogP) is 1.63. The van der Waals surface area contributed by atoms with E-state index in [0.29, 0.717) is 0 Å². The summed E-state index contributed by atoms with van der Waals surface area (Å²) in [5, 5.41) is 0. The van der Waals surface area contributed by atoms with Gasteiger partial charge in [-0.2, -0.15) is 0 Å². The van der Waals surface area contributed by atoms with Crippen LogP contribution < -0.4 is 4.90 Å². The number of anilines is 1. The molecule has 3 heteroatoms. The molecule has 0 aliphatic rings. The van der Waals surface area contributed by atoms with Crippen LogP contribution in [0.3, 0.4) is 0 Å². The zero-order valence-electron chi connectivity index (χ0n) is 7.91. The van der Waals surface area contributed by atoms with Crippen LogP contribution in [0.4, 0.5) is 5.82 Å². The lowest BCUT2D eigenvalue weighted by Crippen LogP contribution is -2.23. The number of hydrogen-bond donors (Lipinski definition) is 0. The molecule has 0 fully saturated rings. The fourth-order valence-corrected chi connectivity index (χ4v) is 1.16. The van der Waals surface area contributed by atoms with Crippen molar-refractivity contribution in [2.45, 2.75) is 20.8 Å². The molecule has 0 amide bonds. The SMILES string of the molecule is CCN(CC)c1cc(C)ncn1. The van der Waals surface area contributed by atoms with E-state index in [1.807, 2.05) is 13.0 Å². The van der Waals surface area contributed by atoms with E-state index in [2.05, 4.69) is 28.7 Å². The van der Waals surface area contributed by atoms with Crippen LogP contribution >= 0.6 is 0 Å². The second-order valence-electron chi connectivity index (χ2n) is 2.69. The highest BCUT2D eigenvalue weighted by Crippen LogP contribution is 2.08. The summed E-state index contributed by atoms with van der Waals surface area (Å²) in [6, 6.07) is 2.01. The van der Waals surface area contributed by atoms with Crippen LogP contribution in [-0.4, -0.2) is 23.1 Å². The van der Waals surface area contributed by atoms with Gasteiger partial charge in [0.15, 0.2) is 0 Å². The molecule has 0 radical (unpaired) electrons. The minimum absolute atomic E-state index is 0.993. The number of aromatic nitrogens is 2. The molecule has 0 spiro atoms. The van der Waals surface area contributed by atoms with Gasteiger partial charge in [0.2, 0.25) is 0 Å². The molecule has 0 saturated heterocycles. The molecular formula is C9H15N3. The molecule has 12 heavy (non-hydrogen) atoms. The number of hydrogen-bond acceptors (Lipinski definition) is 3. The molecule has 0 aromatic carbocycles. The van der Waals surface area contributed by atoms with Crippen molar-refractivity contribution in [1.82, 2.24) is 9.97 Å². The van der Waals surface area contributed by atoms with Gasteiger partial charge >= 0.3 is 0 Å². The first-order chi connectivity index (χ1) is 5.77. The van der Waals surface area contributed by atoms with E-state index in [0.717, 1.165) is 24.6 Å². The topological polar surface area (TPSA) is 29.0 Å². The molecule has 0 aliphatic heterocycles. The van der Waals surface area contributed by atoms with Crippen molar-refractivity contribution in [3.63, 3.8) is 0 Å². The molecule has 1 heterocycles. The lowest BCUT2D eigenvalue weighted by molar-refractivity contribution is 0.838. The van der Waals surface area contributed by atoms with Crippen LogP contribution in [-0.2, 0) is 0 Å². The highest BCUT2D eigenvalue weighted by molar-refractivity contribution is 5.37. The van der Waals surface area contributed by atoms with Crippen LogP contribution in [0.25, 0.3) is 0 Å². The third-order valence-electron chi connectivity index (χ3n) is 1.88. The minimum Gasteiger partial charge on any atom is -0.357 e. The van der Waals surface area contributed by atoms with E-state index in [1.54, 1.807) is 6.33 Å². The molecule has 66 valence electrons. The summed E-state index contributed by atoms with van der Waals surface area (Å²) in [6.07, 6.45) is 1.61. The van der Waals surface area contributed by atoms with E-state index in [1.165, 1.54) is 0 Å². The van der Waals surface area contributed by atoms with Crippen LogP contribution in [0.15, 0.2) is 12.4 Å². The van der Waals surface area contributed by atoms with Gasteiger partial charge in [0.05, 0.1) is 0 Å². The fraction of sp³-hybridized carbons (Fsp3) is 0.556. The maximum atomic E-state index is 4.20. The Kier molecular flexibility index (Phi) is 3.02. The summed E-state index contributed by atoms with van der Waals surface area (Å²) in [7, 11) is 0. The first kappa shape index (κ1) is 8.97. The van der Waals surface area contributed by atoms with E-state index in [9.17, 15) is 0 Å². The molecule has 0 aliphatic carbocycles. The Morgan fingerprint density at radius 1 is 1.25 bits per heavy atom. The van der Waals surface area contributed by atoms with Crippen molar-refractivity contribution >= 4 is 5.82 Å². The molecule has 0 unspecified atom stereocenters. The van der Waals surface area contributed by atoms with Crippen LogP contribution in [0.2, 0.25) is 0 Å². The maximum Gasteiger partial charge on any atom is 0.132 e. The monoisotopic (exact) mass is 165 g/mol. The molecule has 3 nitrogen and oxygen atoms in total. The lowest BCUT2D eigenvalue weighted by Gasteiger charge is -2.19. The van der Waals surface area contributed by atoms with E-state index < -0.39 is 0 Å². The molecule has 1 rings (SSSR count). The summed E-state index contributed by atoms with van der Waals surface area (Å²) >= 11 is 0. The summed E-state index contributed by atoms with van der Waals surface area (Å²) in [6.45, 7) is 8.22. The minimum atomic E-state index is 0.993. The Morgan fingerprint density at radius 3 is 2.42 bits per heavy atom. The third-order valence-corrected chi connectivity index (χ3v) is 1.88. The Morgan fingerprint density at radius 2 is 1.92 bits per heavy atom. The van der Waals surface area contributed by atoms with Crippen molar-refractivity contribution in [1.29, 1.82) is 0 Å². The summed E-state index contributed by atoms with van der Waals surface area (Å²) in [4.78, 5) is 10.5. The van der Waals surface area contributed by atoms with E-state index >= 15 is 0 Å². The lowest BCUT2D eigenvalue weighted by atomic mass is 10.4. The van der Waals surface area contributed by atoms with Gasteiger partial charge in [-0.25, -0.2) is 9.97 Å². The predicted molar refractivity (Wildman–Crippen MR) is 50.3 cm³/mol. The van der Waals surface area contributed by atoms with Crippen molar-refractivity contribution < 1.29 is 0 Å². The van der Waals surface area contributed by atoms with Gasteiger partial charge in [-0.15, -0.1) is 0 Å². The van der Waals surface area contributed by atoms with Crippen LogP contribution in [0.1, 0.15) is 19.5 Å². The highest BCUT2D eigenvalue weighted by Gasteiger charge is 2.01. The molecule has 0 saturated carbocycles. The van der Waals surface area contributed by atoms with Crippen molar-refractivity contribution in [2.75, 3.05) is 18.0 Å². The first-order valence-electron chi connectivity index (χ1n) is 4.31. The summed E-state index contributed by atoms with van der Waals surface area (Å²) in [5.74, 6) is 1.02. The van der Waals surface area contributed by atoms with Gasteiger partial charge in [0.1, 0.15) is 12.1 Å². The molecule has 0 atom stereocenters. The second kappa shape index (κ2) is 4.04. The van der Waals surface area contributed by atoms with Gasteiger partial charge < -0.3 is 4.90 Å². The Labute approximate surface area is 73.5 Å². The molecule has 1 aromatic rings. The van der Waals surface area contributed by atoms with Gasteiger partial charge in [0, 0.05) is 24.8 Å². The van der Waals surface area contributed by atoms with Crippen LogP contribution in [0, 0.1) is 6.92 Å². The maximum absolute atomic E-state index is 4.20. The molecular weight excluding hydrogens is 150 g/mol. The number of aryl methyl sites for hydroxylation is 1. The van der Waals surface area contributed by atoms with Crippen LogP contribution in [0.5, 0.6) is 0 Å². The Bertz CT molecular complexity index is 243. The Balaban J connectivity index is 2.85. The average Bonchev–Trinajstić information content (AvgIpc) is 2.07. The van der Waals surface area contributed by atoms with E-state index in [-0.39, 0.29) is 0 Å². The average molecular weight is 165 g/mol. The molecule has 0 bridgehead atoms. The van der Waals surface area contributed by atoms with Gasteiger partial charge in [-0.05, 0) is 20.8 Å². The van der Waals surface area contributed by atoms with Gasteiger partial charge in [0.25, 0.3) is 0 Å². The fourth-order valence-electron chi connectivity index (χ4n) is 1.16. The van der Waals surface area contributed by atoms with E-state index in [4.69, 9.17) is 0 Å². The summed E-state index contributed by atoms with van der Waals surface area (Å²) in [5.41, 5.74) is 1.02. The van der Waals surface area contributed by atoms with Gasteiger partial charge in [-0.3, -0.25) is 0 Å². The standard InChI is InChI=1S/C9H15N3/c1-4-12(5-2)9-6-8(3)10-7-11-9/h6-7H,4-5H2,1-3H3. The summed E-state index contributed by atoms with van der Waals surface area (Å²) < 4.78 is 0. The molecule has 1 aromatic heterocycles. The largest absolute Gasteiger partial charge is 0.357 e. The number of nitrogens with zero attached hydrogens (tertiary/aromatic N) is 3. The normalized spacial score (nSPS) is 9.92. The molecule has 0 N–H and O–H groups in total. The number of rotatable bonds is 3. The smallest absolute Gasteiger partial charge is 0.132 e. The van der Waals surface area contributed by atoms with Gasteiger partial charge in [-0.1, -0.05) is 0 Å². The first-order valence-corrected chi connectivity index (χ1v) is 4.31. The third kappa shape index (κ3) is 1.94. The Hall–Kier alpha value is -1.12. The zero-order valence-corrected chi connectivity index (χ0v) is 7.91. The quantitative estimate of drug-likeness (QED) is 0.681. The highest BCUT2D eigenvalue weighted by atomic mass is 15.2. The van der Waals surface area contributed by atoms with Crippen molar-refractivity contribution in [3.8, 4) is 0 Å². The second-order valence-corrected chi connectivity index (χ2v) is 2.69. The zero-order chi connectivity index (χ0) is 8.97. The van der Waals surface area contributed by atoms with Crippen molar-refractivity contribution in [2.24, 2.45) is 0 Å². The van der Waals surface area contributed by atoms with Crippen molar-refractivity contribution in [3.05, 3.63) is 18.1 Å².